The molecule has 2 aromatic carbocycles. The quantitative estimate of drug-likeness (QED) is 0.679. The summed E-state index contributed by atoms with van der Waals surface area (Å²) in [7, 11) is 0. The maximum atomic E-state index is 6.02. The van der Waals surface area contributed by atoms with Crippen molar-refractivity contribution in [2.45, 2.75) is 20.4 Å². The van der Waals surface area contributed by atoms with Crippen LogP contribution in [0.5, 0.6) is 0 Å². The van der Waals surface area contributed by atoms with Gasteiger partial charge in [-0.25, -0.2) is 4.98 Å². The van der Waals surface area contributed by atoms with Gasteiger partial charge in [0.2, 0.25) is 5.95 Å². The van der Waals surface area contributed by atoms with Crippen molar-refractivity contribution in [2.75, 3.05) is 10.6 Å². The molecule has 0 fully saturated rings. The lowest BCUT2D eigenvalue weighted by Crippen LogP contribution is -2.07. The largest absolute Gasteiger partial charge is 0.350 e. The van der Waals surface area contributed by atoms with Crippen molar-refractivity contribution < 1.29 is 0 Å². The molecule has 0 aliphatic carbocycles. The lowest BCUT2D eigenvalue weighted by Gasteiger charge is -2.11. The molecule has 0 aliphatic rings. The molecular formula is C19H19ClN4. The third-order valence-corrected chi connectivity index (χ3v) is 3.88. The number of aromatic nitrogens is 2. The average Bonchev–Trinajstić information content (AvgIpc) is 2.53. The van der Waals surface area contributed by atoms with E-state index in [1.807, 2.05) is 49.4 Å². The van der Waals surface area contributed by atoms with E-state index in [0.717, 1.165) is 17.2 Å². The molecule has 3 aromatic rings. The minimum absolute atomic E-state index is 0.600. The van der Waals surface area contributed by atoms with E-state index in [0.29, 0.717) is 17.5 Å². The van der Waals surface area contributed by atoms with E-state index in [2.05, 4.69) is 39.7 Å². The van der Waals surface area contributed by atoms with Gasteiger partial charge >= 0.3 is 0 Å². The molecule has 5 heteroatoms. The summed E-state index contributed by atoms with van der Waals surface area (Å²) in [6.07, 6.45) is 0. The van der Waals surface area contributed by atoms with Gasteiger partial charge in [0, 0.05) is 29.0 Å². The summed E-state index contributed by atoms with van der Waals surface area (Å²) in [5.74, 6) is 1.33. The van der Waals surface area contributed by atoms with E-state index in [9.17, 15) is 0 Å². The lowest BCUT2D eigenvalue weighted by atomic mass is 10.1. The van der Waals surface area contributed by atoms with Crippen LogP contribution in [0.1, 0.15) is 16.8 Å². The molecule has 4 nitrogen and oxygen atoms in total. The monoisotopic (exact) mass is 338 g/mol. The van der Waals surface area contributed by atoms with E-state index in [-0.39, 0.29) is 0 Å². The number of hydrogen-bond donors (Lipinski definition) is 2. The van der Waals surface area contributed by atoms with Gasteiger partial charge in [-0.05, 0) is 43.2 Å². The SMILES string of the molecule is Cc1cc(Nc2cccc(Cl)c2)nc(NCc2ccccc2C)n1. The van der Waals surface area contributed by atoms with Gasteiger partial charge in [-0.1, -0.05) is 41.9 Å². The number of aryl methyl sites for hydroxylation is 2. The second-order valence-corrected chi connectivity index (χ2v) is 6.07. The van der Waals surface area contributed by atoms with Crippen LogP contribution in [0.15, 0.2) is 54.6 Å². The van der Waals surface area contributed by atoms with E-state index in [4.69, 9.17) is 11.6 Å². The zero-order chi connectivity index (χ0) is 16.9. The van der Waals surface area contributed by atoms with Crippen LogP contribution >= 0.6 is 11.6 Å². The molecule has 0 radical (unpaired) electrons. The predicted octanol–water partition coefficient (Wildman–Crippen LogP) is 5.10. The minimum atomic E-state index is 0.600. The molecule has 1 aromatic heterocycles. The molecule has 0 bridgehead atoms. The summed E-state index contributed by atoms with van der Waals surface area (Å²) < 4.78 is 0. The molecule has 2 N–H and O–H groups in total. The topological polar surface area (TPSA) is 49.8 Å². The fourth-order valence-corrected chi connectivity index (χ4v) is 2.60. The Morgan fingerprint density at radius 1 is 0.958 bits per heavy atom. The Morgan fingerprint density at radius 2 is 1.79 bits per heavy atom. The number of rotatable bonds is 5. The first kappa shape index (κ1) is 16.3. The number of hydrogen-bond acceptors (Lipinski definition) is 4. The van der Waals surface area contributed by atoms with Gasteiger partial charge in [0.05, 0.1) is 0 Å². The molecule has 0 amide bonds. The molecule has 0 saturated carbocycles. The number of nitrogens with zero attached hydrogens (tertiary/aromatic N) is 2. The van der Waals surface area contributed by atoms with Crippen LogP contribution in [0.3, 0.4) is 0 Å². The molecule has 0 aliphatic heterocycles. The fraction of sp³-hybridized carbons (Fsp3) is 0.158. The Balaban J connectivity index is 1.75. The van der Waals surface area contributed by atoms with Gasteiger partial charge in [0.25, 0.3) is 0 Å². The number of anilines is 3. The highest BCUT2D eigenvalue weighted by atomic mass is 35.5. The summed E-state index contributed by atoms with van der Waals surface area (Å²) in [6.45, 7) is 4.73. The Bertz CT molecular complexity index is 848. The standard InChI is InChI=1S/C19H19ClN4/c1-13-6-3-4-7-15(13)12-21-19-22-14(2)10-18(24-19)23-17-9-5-8-16(20)11-17/h3-11H,12H2,1-2H3,(H2,21,22,23,24). The number of benzene rings is 2. The molecule has 0 saturated heterocycles. The van der Waals surface area contributed by atoms with Crippen molar-refractivity contribution in [1.82, 2.24) is 9.97 Å². The van der Waals surface area contributed by atoms with Crippen molar-refractivity contribution in [3.63, 3.8) is 0 Å². The molecule has 0 atom stereocenters. The van der Waals surface area contributed by atoms with Crippen molar-refractivity contribution in [3.8, 4) is 0 Å². The highest BCUT2D eigenvalue weighted by molar-refractivity contribution is 6.30. The van der Waals surface area contributed by atoms with E-state index in [1.54, 1.807) is 0 Å². The average molecular weight is 339 g/mol. The second kappa shape index (κ2) is 7.32. The van der Waals surface area contributed by atoms with Crippen LogP contribution in [0.4, 0.5) is 17.5 Å². The minimum Gasteiger partial charge on any atom is -0.350 e. The second-order valence-electron chi connectivity index (χ2n) is 5.63. The fourth-order valence-electron chi connectivity index (χ4n) is 2.41. The molecule has 0 spiro atoms. The Morgan fingerprint density at radius 3 is 2.58 bits per heavy atom. The molecule has 0 unspecified atom stereocenters. The van der Waals surface area contributed by atoms with Gasteiger partial charge in [-0.2, -0.15) is 4.98 Å². The maximum Gasteiger partial charge on any atom is 0.225 e. The van der Waals surface area contributed by atoms with Crippen molar-refractivity contribution in [1.29, 1.82) is 0 Å². The molecular weight excluding hydrogens is 320 g/mol. The smallest absolute Gasteiger partial charge is 0.225 e. The van der Waals surface area contributed by atoms with Crippen LogP contribution in [-0.2, 0) is 6.54 Å². The normalized spacial score (nSPS) is 10.5. The summed E-state index contributed by atoms with van der Waals surface area (Å²) >= 11 is 6.02. The van der Waals surface area contributed by atoms with Crippen molar-refractivity contribution in [2.24, 2.45) is 0 Å². The van der Waals surface area contributed by atoms with E-state index in [1.165, 1.54) is 11.1 Å². The van der Waals surface area contributed by atoms with Crippen LogP contribution in [-0.4, -0.2) is 9.97 Å². The number of nitrogens with one attached hydrogen (secondary N) is 2. The first-order valence-electron chi connectivity index (χ1n) is 7.77. The third kappa shape index (κ3) is 4.24. The van der Waals surface area contributed by atoms with Crippen LogP contribution < -0.4 is 10.6 Å². The Hall–Kier alpha value is -2.59. The molecule has 3 rings (SSSR count). The van der Waals surface area contributed by atoms with Gasteiger partial charge in [0.1, 0.15) is 5.82 Å². The Kier molecular flexibility index (Phi) is 4.96. The summed E-state index contributed by atoms with van der Waals surface area (Å²) in [5.41, 5.74) is 4.26. The van der Waals surface area contributed by atoms with Crippen molar-refractivity contribution >= 4 is 29.1 Å². The third-order valence-electron chi connectivity index (χ3n) is 3.65. The highest BCUT2D eigenvalue weighted by Crippen LogP contribution is 2.20. The highest BCUT2D eigenvalue weighted by Gasteiger charge is 2.04. The lowest BCUT2D eigenvalue weighted by molar-refractivity contribution is 1.02. The first-order valence-corrected chi connectivity index (χ1v) is 8.14. The number of halogens is 1. The zero-order valence-corrected chi connectivity index (χ0v) is 14.4. The molecule has 24 heavy (non-hydrogen) atoms. The first-order chi connectivity index (χ1) is 11.6. The van der Waals surface area contributed by atoms with E-state index < -0.39 is 0 Å². The summed E-state index contributed by atoms with van der Waals surface area (Å²) in [4.78, 5) is 8.98. The summed E-state index contributed by atoms with van der Waals surface area (Å²) in [6, 6.07) is 17.7. The zero-order valence-electron chi connectivity index (χ0n) is 13.7. The van der Waals surface area contributed by atoms with E-state index >= 15 is 0 Å². The Labute approximate surface area is 146 Å². The van der Waals surface area contributed by atoms with Crippen LogP contribution in [0, 0.1) is 13.8 Å². The predicted molar refractivity (Wildman–Crippen MR) is 100 cm³/mol. The molecule has 122 valence electrons. The van der Waals surface area contributed by atoms with Crippen LogP contribution in [0.25, 0.3) is 0 Å². The van der Waals surface area contributed by atoms with Gasteiger partial charge in [-0.3, -0.25) is 0 Å². The summed E-state index contributed by atoms with van der Waals surface area (Å²) in [5, 5.41) is 7.24. The van der Waals surface area contributed by atoms with Gasteiger partial charge < -0.3 is 10.6 Å². The van der Waals surface area contributed by atoms with Crippen LogP contribution in [0.2, 0.25) is 5.02 Å². The van der Waals surface area contributed by atoms with Gasteiger partial charge in [-0.15, -0.1) is 0 Å². The van der Waals surface area contributed by atoms with Crippen molar-refractivity contribution in [3.05, 3.63) is 76.4 Å². The van der Waals surface area contributed by atoms with Gasteiger partial charge in [0.15, 0.2) is 0 Å². The maximum absolute atomic E-state index is 6.02. The molecule has 1 heterocycles.